The summed E-state index contributed by atoms with van der Waals surface area (Å²) in [4.78, 5) is 0. The van der Waals surface area contributed by atoms with Gasteiger partial charge in [-0.2, -0.15) is 0 Å². The van der Waals surface area contributed by atoms with Gasteiger partial charge in [0, 0.05) is 6.61 Å². The summed E-state index contributed by atoms with van der Waals surface area (Å²) < 4.78 is 5.66. The van der Waals surface area contributed by atoms with E-state index in [1.807, 2.05) is 0 Å². The highest BCUT2D eigenvalue weighted by molar-refractivity contribution is 4.81. The normalized spacial score (nSPS) is 32.7. The van der Waals surface area contributed by atoms with Crippen LogP contribution < -0.4 is 5.32 Å². The Morgan fingerprint density at radius 3 is 2.37 bits per heavy atom. The van der Waals surface area contributed by atoms with Crippen molar-refractivity contribution in [3.63, 3.8) is 0 Å². The summed E-state index contributed by atoms with van der Waals surface area (Å²) in [6, 6.07) is 0. The van der Waals surface area contributed by atoms with E-state index in [-0.39, 0.29) is 0 Å². The van der Waals surface area contributed by atoms with Gasteiger partial charge in [-0.3, -0.25) is 0 Å². The van der Waals surface area contributed by atoms with E-state index in [1.165, 1.54) is 51.5 Å². The van der Waals surface area contributed by atoms with Crippen LogP contribution in [0.3, 0.4) is 0 Å². The van der Waals surface area contributed by atoms with E-state index < -0.39 is 0 Å². The molecule has 2 rings (SSSR count). The molecule has 1 aliphatic heterocycles. The maximum atomic E-state index is 5.66. The molecule has 1 N–H and O–H groups in total. The minimum absolute atomic E-state index is 0.512. The molecule has 1 saturated carbocycles. The van der Waals surface area contributed by atoms with Gasteiger partial charge in [-0.1, -0.05) is 20.8 Å². The molecule has 19 heavy (non-hydrogen) atoms. The third-order valence-corrected chi connectivity index (χ3v) is 5.17. The van der Waals surface area contributed by atoms with Gasteiger partial charge in [0.15, 0.2) is 0 Å². The zero-order valence-electron chi connectivity index (χ0n) is 13.2. The topological polar surface area (TPSA) is 21.3 Å². The highest BCUT2D eigenvalue weighted by Crippen LogP contribution is 2.39. The third-order valence-electron chi connectivity index (χ3n) is 5.17. The van der Waals surface area contributed by atoms with Crippen molar-refractivity contribution in [2.45, 2.75) is 71.8 Å². The first kappa shape index (κ1) is 15.3. The van der Waals surface area contributed by atoms with Gasteiger partial charge in [0.2, 0.25) is 0 Å². The first-order valence-electron chi connectivity index (χ1n) is 8.38. The molecule has 2 fully saturated rings. The quantitative estimate of drug-likeness (QED) is 0.760. The molecule has 1 atom stereocenters. The minimum atomic E-state index is 0.512. The summed E-state index contributed by atoms with van der Waals surface area (Å²) in [7, 11) is 0. The lowest BCUT2D eigenvalue weighted by molar-refractivity contribution is 0.103. The third kappa shape index (κ3) is 5.07. The zero-order chi connectivity index (χ0) is 13.7. The van der Waals surface area contributed by atoms with Crippen molar-refractivity contribution >= 4 is 0 Å². The monoisotopic (exact) mass is 267 g/mol. The average molecular weight is 267 g/mol. The zero-order valence-corrected chi connectivity index (χ0v) is 13.2. The molecule has 2 nitrogen and oxygen atoms in total. The molecule has 112 valence electrons. The Hall–Kier alpha value is -0.0800. The molecule has 0 aromatic carbocycles. The van der Waals surface area contributed by atoms with Crippen LogP contribution >= 0.6 is 0 Å². The Balaban J connectivity index is 1.53. The number of rotatable bonds is 5. The smallest absolute Gasteiger partial charge is 0.0588 e. The molecular weight excluding hydrogens is 234 g/mol. The predicted molar refractivity (Wildman–Crippen MR) is 81.4 cm³/mol. The van der Waals surface area contributed by atoms with Crippen LogP contribution in [0.4, 0.5) is 0 Å². The maximum Gasteiger partial charge on any atom is 0.0588 e. The van der Waals surface area contributed by atoms with E-state index in [0.29, 0.717) is 11.5 Å². The summed E-state index contributed by atoms with van der Waals surface area (Å²) in [5.41, 5.74) is 0.512. The Morgan fingerprint density at radius 2 is 1.79 bits per heavy atom. The largest absolute Gasteiger partial charge is 0.378 e. The Bertz CT molecular complexity index is 244. The molecule has 1 aliphatic carbocycles. The molecule has 0 spiro atoms. The van der Waals surface area contributed by atoms with Gasteiger partial charge in [-0.25, -0.2) is 0 Å². The summed E-state index contributed by atoms with van der Waals surface area (Å²) >= 11 is 0. The molecule has 1 heterocycles. The van der Waals surface area contributed by atoms with Gasteiger partial charge >= 0.3 is 0 Å². The second kappa shape index (κ2) is 7.08. The van der Waals surface area contributed by atoms with E-state index in [0.717, 1.165) is 25.0 Å². The van der Waals surface area contributed by atoms with Crippen molar-refractivity contribution in [2.24, 2.45) is 17.3 Å². The number of hydrogen-bond acceptors (Lipinski definition) is 2. The molecule has 1 unspecified atom stereocenters. The van der Waals surface area contributed by atoms with Crippen LogP contribution in [0.5, 0.6) is 0 Å². The molecule has 0 radical (unpaired) electrons. The van der Waals surface area contributed by atoms with Crippen molar-refractivity contribution in [1.29, 1.82) is 0 Å². The van der Waals surface area contributed by atoms with Crippen LogP contribution in [-0.2, 0) is 4.74 Å². The first-order valence-corrected chi connectivity index (χ1v) is 8.38. The van der Waals surface area contributed by atoms with Gasteiger partial charge in [-0.15, -0.1) is 0 Å². The molecule has 0 bridgehead atoms. The lowest BCUT2D eigenvalue weighted by Crippen LogP contribution is -2.31. The highest BCUT2D eigenvalue weighted by Gasteiger charge is 2.29. The Morgan fingerprint density at radius 1 is 1.05 bits per heavy atom. The van der Waals surface area contributed by atoms with Gasteiger partial charge in [-0.05, 0) is 75.3 Å². The molecule has 2 heteroatoms. The standard InChI is InChI=1S/C17H33NO/c1-17(2,3)15-8-6-14(7-9-15)13-18-11-10-16-5-4-12-19-16/h14-16,18H,4-13H2,1-3H3. The maximum absolute atomic E-state index is 5.66. The van der Waals surface area contributed by atoms with Crippen molar-refractivity contribution in [3.05, 3.63) is 0 Å². The van der Waals surface area contributed by atoms with Gasteiger partial charge in [0.25, 0.3) is 0 Å². The fourth-order valence-corrected chi connectivity index (χ4v) is 3.67. The number of hydrogen-bond donors (Lipinski definition) is 1. The summed E-state index contributed by atoms with van der Waals surface area (Å²) in [6.07, 6.45) is 10.0. The van der Waals surface area contributed by atoms with Crippen molar-refractivity contribution in [2.75, 3.05) is 19.7 Å². The second-order valence-electron chi connectivity index (χ2n) is 7.71. The van der Waals surface area contributed by atoms with Gasteiger partial charge < -0.3 is 10.1 Å². The van der Waals surface area contributed by atoms with Gasteiger partial charge in [0.1, 0.15) is 0 Å². The number of nitrogens with one attached hydrogen (secondary N) is 1. The second-order valence-corrected chi connectivity index (χ2v) is 7.71. The summed E-state index contributed by atoms with van der Waals surface area (Å²) in [6.45, 7) is 10.6. The Labute approximate surface area is 119 Å². The summed E-state index contributed by atoms with van der Waals surface area (Å²) in [5.74, 6) is 1.86. The fraction of sp³-hybridized carbons (Fsp3) is 1.00. The van der Waals surface area contributed by atoms with Crippen molar-refractivity contribution in [3.8, 4) is 0 Å². The molecule has 0 aromatic heterocycles. The summed E-state index contributed by atoms with van der Waals surface area (Å²) in [5, 5.41) is 3.66. The van der Waals surface area contributed by atoms with Crippen LogP contribution in [-0.4, -0.2) is 25.8 Å². The van der Waals surface area contributed by atoms with Crippen molar-refractivity contribution < 1.29 is 4.74 Å². The van der Waals surface area contributed by atoms with E-state index in [2.05, 4.69) is 26.1 Å². The van der Waals surface area contributed by atoms with E-state index in [1.54, 1.807) is 0 Å². The molecule has 1 saturated heterocycles. The fourth-order valence-electron chi connectivity index (χ4n) is 3.67. The number of ether oxygens (including phenoxy) is 1. The predicted octanol–water partition coefficient (Wildman–Crippen LogP) is 4.00. The van der Waals surface area contributed by atoms with E-state index in [4.69, 9.17) is 4.74 Å². The van der Waals surface area contributed by atoms with Crippen LogP contribution in [0.25, 0.3) is 0 Å². The first-order chi connectivity index (χ1) is 9.05. The molecular formula is C17H33NO. The Kier molecular flexibility index (Phi) is 5.70. The van der Waals surface area contributed by atoms with E-state index >= 15 is 0 Å². The van der Waals surface area contributed by atoms with Crippen molar-refractivity contribution in [1.82, 2.24) is 5.32 Å². The molecule has 0 amide bonds. The molecule has 2 aliphatic rings. The van der Waals surface area contributed by atoms with Crippen LogP contribution in [0, 0.1) is 17.3 Å². The lowest BCUT2D eigenvalue weighted by atomic mass is 9.70. The highest BCUT2D eigenvalue weighted by atomic mass is 16.5. The van der Waals surface area contributed by atoms with Crippen LogP contribution in [0.2, 0.25) is 0 Å². The lowest BCUT2D eigenvalue weighted by Gasteiger charge is -2.37. The van der Waals surface area contributed by atoms with E-state index in [9.17, 15) is 0 Å². The van der Waals surface area contributed by atoms with Crippen LogP contribution in [0.1, 0.15) is 65.7 Å². The van der Waals surface area contributed by atoms with Crippen LogP contribution in [0.15, 0.2) is 0 Å². The van der Waals surface area contributed by atoms with Gasteiger partial charge in [0.05, 0.1) is 6.10 Å². The SMILES string of the molecule is CC(C)(C)C1CCC(CNCCC2CCCO2)CC1. The minimum Gasteiger partial charge on any atom is -0.378 e. The average Bonchev–Trinajstić information content (AvgIpc) is 2.87. The molecule has 0 aromatic rings.